The minimum absolute atomic E-state index is 0.0503. The SMILES string of the molecule is Cc1ccc(C(NCCC(NC(O)OCC2c3ccccc3-c3ccccc32)C(=O)O)(c2ccccc2)c2ccccc2)cc1. The standard InChI is InChI=1S/C39H38N2O4/c1-27-20-22-30(23-21-27)39(28-12-4-2-5-13-28,29-14-6-3-7-15-29)40-25-24-36(37(42)43)41-38(44)45-26-35-33-18-10-8-16-31(33)32-17-9-11-19-34(32)35/h2-23,35-36,38,40-41,44H,24-26H2,1H3,(H,42,43). The van der Waals surface area contributed by atoms with E-state index in [2.05, 4.69) is 90.4 Å². The molecule has 2 atom stereocenters. The van der Waals surface area contributed by atoms with Crippen molar-refractivity contribution in [2.45, 2.75) is 37.3 Å². The van der Waals surface area contributed by atoms with Gasteiger partial charge < -0.3 is 14.9 Å². The average molecular weight is 599 g/mol. The topological polar surface area (TPSA) is 90.8 Å². The second-order valence-corrected chi connectivity index (χ2v) is 11.5. The zero-order valence-electron chi connectivity index (χ0n) is 25.3. The van der Waals surface area contributed by atoms with Crippen molar-refractivity contribution in [1.29, 1.82) is 0 Å². The van der Waals surface area contributed by atoms with Crippen LogP contribution < -0.4 is 10.6 Å². The molecule has 5 aromatic rings. The lowest BCUT2D eigenvalue weighted by Gasteiger charge is -2.37. The van der Waals surface area contributed by atoms with Crippen molar-refractivity contribution < 1.29 is 19.7 Å². The molecule has 6 heteroatoms. The molecule has 0 amide bonds. The molecule has 6 rings (SSSR count). The Balaban J connectivity index is 1.18. The summed E-state index contributed by atoms with van der Waals surface area (Å²) in [6.07, 6.45) is -1.24. The van der Waals surface area contributed by atoms with Crippen LogP contribution in [0.15, 0.2) is 133 Å². The van der Waals surface area contributed by atoms with Crippen LogP contribution in [0.25, 0.3) is 11.1 Å². The number of benzene rings is 5. The van der Waals surface area contributed by atoms with Gasteiger partial charge in [-0.05, 0) is 58.8 Å². The van der Waals surface area contributed by atoms with E-state index >= 15 is 0 Å². The van der Waals surface area contributed by atoms with Gasteiger partial charge in [-0.25, -0.2) is 0 Å². The molecule has 0 radical (unpaired) electrons. The third-order valence-electron chi connectivity index (χ3n) is 8.75. The molecule has 1 aliphatic rings. The van der Waals surface area contributed by atoms with E-state index in [4.69, 9.17) is 4.74 Å². The van der Waals surface area contributed by atoms with Gasteiger partial charge in [-0.1, -0.05) is 139 Å². The molecule has 0 heterocycles. The molecule has 0 spiro atoms. The van der Waals surface area contributed by atoms with E-state index in [1.807, 2.05) is 60.7 Å². The molecule has 0 aromatic heterocycles. The van der Waals surface area contributed by atoms with Gasteiger partial charge in [0.25, 0.3) is 0 Å². The maximum Gasteiger partial charge on any atom is 0.320 e. The fourth-order valence-corrected chi connectivity index (χ4v) is 6.52. The Morgan fingerprint density at radius 3 is 1.76 bits per heavy atom. The Morgan fingerprint density at radius 2 is 1.22 bits per heavy atom. The molecule has 45 heavy (non-hydrogen) atoms. The second kappa shape index (κ2) is 13.6. The maximum absolute atomic E-state index is 12.4. The first kappa shape index (κ1) is 30.4. The number of aliphatic carboxylic acids is 1. The fourth-order valence-electron chi connectivity index (χ4n) is 6.52. The van der Waals surface area contributed by atoms with Crippen molar-refractivity contribution in [1.82, 2.24) is 10.6 Å². The summed E-state index contributed by atoms with van der Waals surface area (Å²) in [5.41, 5.74) is 8.16. The van der Waals surface area contributed by atoms with Gasteiger partial charge in [-0.15, -0.1) is 0 Å². The number of carbonyl (C=O) groups is 1. The summed E-state index contributed by atoms with van der Waals surface area (Å²) < 4.78 is 5.85. The van der Waals surface area contributed by atoms with Crippen LogP contribution in [-0.4, -0.2) is 41.8 Å². The molecule has 5 aromatic carbocycles. The zero-order valence-corrected chi connectivity index (χ0v) is 25.3. The van der Waals surface area contributed by atoms with Crippen LogP contribution >= 0.6 is 0 Å². The van der Waals surface area contributed by atoms with Crippen LogP contribution in [-0.2, 0) is 15.1 Å². The van der Waals surface area contributed by atoms with Crippen molar-refractivity contribution in [3.05, 3.63) is 167 Å². The number of nitrogens with one attached hydrogen (secondary N) is 2. The molecule has 0 fully saturated rings. The average Bonchev–Trinajstić information content (AvgIpc) is 3.40. The largest absolute Gasteiger partial charge is 0.480 e. The number of hydrogen-bond donors (Lipinski definition) is 4. The highest BCUT2D eigenvalue weighted by Crippen LogP contribution is 2.44. The molecule has 0 saturated carbocycles. The van der Waals surface area contributed by atoms with E-state index < -0.39 is 24.0 Å². The highest BCUT2D eigenvalue weighted by Gasteiger charge is 2.36. The minimum atomic E-state index is -1.45. The smallest absolute Gasteiger partial charge is 0.320 e. The van der Waals surface area contributed by atoms with Gasteiger partial charge in [-0.3, -0.25) is 15.4 Å². The van der Waals surface area contributed by atoms with Crippen molar-refractivity contribution >= 4 is 5.97 Å². The van der Waals surface area contributed by atoms with Crippen LogP contribution in [0.4, 0.5) is 0 Å². The third kappa shape index (κ3) is 6.32. The molecule has 6 nitrogen and oxygen atoms in total. The first-order valence-electron chi connectivity index (χ1n) is 15.4. The van der Waals surface area contributed by atoms with Gasteiger partial charge in [0.15, 0.2) is 0 Å². The summed E-state index contributed by atoms with van der Waals surface area (Å²) in [5.74, 6) is -1.11. The number of ether oxygens (including phenoxy) is 1. The van der Waals surface area contributed by atoms with E-state index in [-0.39, 0.29) is 18.9 Å². The Bertz CT molecular complexity index is 1640. The lowest BCUT2D eigenvalue weighted by molar-refractivity contribution is -0.152. The number of carboxylic acid groups (broad SMARTS) is 1. The number of carboxylic acids is 1. The highest BCUT2D eigenvalue weighted by atomic mass is 16.6. The number of rotatable bonds is 13. The second-order valence-electron chi connectivity index (χ2n) is 11.5. The third-order valence-corrected chi connectivity index (χ3v) is 8.75. The highest BCUT2D eigenvalue weighted by molar-refractivity contribution is 5.78. The van der Waals surface area contributed by atoms with Crippen LogP contribution in [0, 0.1) is 6.92 Å². The summed E-state index contributed by atoms with van der Waals surface area (Å²) in [5, 5.41) is 27.5. The van der Waals surface area contributed by atoms with Crippen molar-refractivity contribution in [2.75, 3.05) is 13.2 Å². The maximum atomic E-state index is 12.4. The summed E-state index contributed by atoms with van der Waals surface area (Å²) in [6, 6.07) is 44.1. The van der Waals surface area contributed by atoms with Crippen LogP contribution in [0.1, 0.15) is 45.7 Å². The Morgan fingerprint density at radius 1 is 0.733 bits per heavy atom. The normalized spacial score (nSPS) is 14.0. The number of fused-ring (bicyclic) bond motifs is 3. The van der Waals surface area contributed by atoms with Gasteiger partial charge in [-0.2, -0.15) is 0 Å². The molecule has 4 N–H and O–H groups in total. The number of hydrogen-bond acceptors (Lipinski definition) is 5. The van der Waals surface area contributed by atoms with Crippen molar-refractivity contribution in [3.63, 3.8) is 0 Å². The minimum Gasteiger partial charge on any atom is -0.480 e. The van der Waals surface area contributed by atoms with E-state index in [9.17, 15) is 15.0 Å². The first-order chi connectivity index (χ1) is 22.0. The van der Waals surface area contributed by atoms with Gasteiger partial charge in [0.1, 0.15) is 6.04 Å². The molecular formula is C39H38N2O4. The van der Waals surface area contributed by atoms with Gasteiger partial charge in [0.2, 0.25) is 6.41 Å². The van der Waals surface area contributed by atoms with E-state index in [0.717, 1.165) is 44.5 Å². The Hall–Kier alpha value is -4.59. The van der Waals surface area contributed by atoms with Gasteiger partial charge >= 0.3 is 5.97 Å². The van der Waals surface area contributed by atoms with Crippen LogP contribution in [0.3, 0.4) is 0 Å². The lowest BCUT2D eigenvalue weighted by Crippen LogP contribution is -2.49. The first-order valence-corrected chi connectivity index (χ1v) is 15.4. The number of aliphatic hydroxyl groups excluding tert-OH is 1. The predicted molar refractivity (Wildman–Crippen MR) is 177 cm³/mol. The molecule has 0 aliphatic heterocycles. The quantitative estimate of drug-likeness (QED) is 0.0925. The summed E-state index contributed by atoms with van der Waals surface area (Å²) >= 11 is 0. The van der Waals surface area contributed by atoms with Crippen LogP contribution in [0.5, 0.6) is 0 Å². The summed E-state index contributed by atoms with van der Waals surface area (Å²) in [7, 11) is 0. The Kier molecular flexibility index (Phi) is 9.19. The van der Waals surface area contributed by atoms with Crippen molar-refractivity contribution in [3.8, 4) is 11.1 Å². The molecule has 1 aliphatic carbocycles. The molecule has 0 bridgehead atoms. The van der Waals surface area contributed by atoms with E-state index in [0.29, 0.717) is 6.54 Å². The predicted octanol–water partition coefficient (Wildman–Crippen LogP) is 6.41. The molecule has 228 valence electrons. The van der Waals surface area contributed by atoms with Crippen molar-refractivity contribution in [2.24, 2.45) is 0 Å². The monoisotopic (exact) mass is 598 g/mol. The van der Waals surface area contributed by atoms with E-state index in [1.165, 1.54) is 0 Å². The fraction of sp³-hybridized carbons (Fsp3) is 0.205. The van der Waals surface area contributed by atoms with Crippen LogP contribution in [0.2, 0.25) is 0 Å². The zero-order chi connectivity index (χ0) is 31.2. The number of aliphatic hydroxyl groups is 1. The van der Waals surface area contributed by atoms with Gasteiger partial charge in [0.05, 0.1) is 12.1 Å². The molecule has 2 unspecified atom stereocenters. The summed E-state index contributed by atoms with van der Waals surface area (Å²) in [6.45, 7) is 2.62. The lowest BCUT2D eigenvalue weighted by atomic mass is 9.76. The molecular weight excluding hydrogens is 560 g/mol. The number of aryl methyl sites for hydroxylation is 1. The molecule has 0 saturated heterocycles. The van der Waals surface area contributed by atoms with Gasteiger partial charge in [0, 0.05) is 5.92 Å². The summed E-state index contributed by atoms with van der Waals surface area (Å²) in [4.78, 5) is 12.4. The Labute approximate surface area is 264 Å². The van der Waals surface area contributed by atoms with E-state index in [1.54, 1.807) is 0 Å².